The van der Waals surface area contributed by atoms with Gasteiger partial charge in [0.25, 0.3) is 0 Å². The summed E-state index contributed by atoms with van der Waals surface area (Å²) in [4.78, 5) is 0. The number of aliphatic hydroxyl groups excluding tert-OH is 1. The van der Waals surface area contributed by atoms with Crippen molar-refractivity contribution in [2.45, 2.75) is 6.04 Å². The molecule has 0 saturated heterocycles. The lowest BCUT2D eigenvalue weighted by Gasteiger charge is -2.15. The van der Waals surface area contributed by atoms with Crippen LogP contribution in [0, 0.1) is 5.21 Å². The number of hydrogen-bond acceptors (Lipinski definition) is 3. The molecule has 0 heterocycles. The van der Waals surface area contributed by atoms with Crippen LogP contribution in [0.1, 0.15) is 17.2 Å². The minimum Gasteiger partial charge on any atom is -0.623 e. The van der Waals surface area contributed by atoms with E-state index in [1.165, 1.54) is 6.21 Å². The van der Waals surface area contributed by atoms with E-state index < -0.39 is 6.04 Å². The van der Waals surface area contributed by atoms with Gasteiger partial charge in [0.1, 0.15) is 19.0 Å². The first-order valence-electron chi connectivity index (χ1n) is 7.05. The molecule has 4 heteroatoms. The summed E-state index contributed by atoms with van der Waals surface area (Å²) in [6.07, 6.45) is 3.08. The van der Waals surface area contributed by atoms with E-state index in [0.29, 0.717) is 17.9 Å². The molecule has 0 radical (unpaired) electrons. The fourth-order valence-electron chi connectivity index (χ4n) is 2.10. The first kappa shape index (κ1) is 15.8. The average molecular weight is 297 g/mol. The van der Waals surface area contributed by atoms with Gasteiger partial charge in [-0.3, -0.25) is 0 Å². The van der Waals surface area contributed by atoms with Crippen LogP contribution >= 0.6 is 0 Å². The van der Waals surface area contributed by atoms with Crippen LogP contribution in [0.15, 0.2) is 67.3 Å². The van der Waals surface area contributed by atoms with Gasteiger partial charge in [0, 0.05) is 5.56 Å². The van der Waals surface area contributed by atoms with Crippen molar-refractivity contribution < 1.29 is 14.6 Å². The van der Waals surface area contributed by atoms with E-state index in [-0.39, 0.29) is 6.61 Å². The second-order valence-electron chi connectivity index (χ2n) is 4.74. The molecule has 0 spiro atoms. The molecule has 2 aromatic carbocycles. The summed E-state index contributed by atoms with van der Waals surface area (Å²) in [5, 5.41) is 21.9. The molecule has 2 aromatic rings. The zero-order valence-electron chi connectivity index (χ0n) is 12.3. The normalized spacial score (nSPS) is 12.7. The third-order valence-corrected chi connectivity index (χ3v) is 3.21. The van der Waals surface area contributed by atoms with Crippen molar-refractivity contribution in [3.05, 3.63) is 83.6 Å². The van der Waals surface area contributed by atoms with Crippen LogP contribution < -0.4 is 4.74 Å². The molecule has 0 aromatic heterocycles. The van der Waals surface area contributed by atoms with Crippen LogP contribution in [0.25, 0.3) is 0 Å². The van der Waals surface area contributed by atoms with E-state index in [9.17, 15) is 10.3 Å². The Labute approximate surface area is 130 Å². The maximum atomic E-state index is 12.4. The summed E-state index contributed by atoms with van der Waals surface area (Å²) >= 11 is 0. The smallest absolute Gasteiger partial charge is 0.211 e. The second kappa shape index (κ2) is 8.00. The van der Waals surface area contributed by atoms with Crippen LogP contribution in [0.3, 0.4) is 0 Å². The number of hydroxylamine groups is 1. The van der Waals surface area contributed by atoms with Gasteiger partial charge in [-0.25, -0.2) is 4.74 Å². The van der Waals surface area contributed by atoms with Gasteiger partial charge in [-0.1, -0.05) is 55.1 Å². The molecule has 0 bridgehead atoms. The first-order chi connectivity index (χ1) is 10.8. The number of rotatable bonds is 7. The Morgan fingerprint density at radius 1 is 1.14 bits per heavy atom. The maximum Gasteiger partial charge on any atom is 0.211 e. The Balaban J connectivity index is 2.29. The zero-order valence-corrected chi connectivity index (χ0v) is 12.3. The predicted octanol–water partition coefficient (Wildman–Crippen LogP) is 2.91. The van der Waals surface area contributed by atoms with E-state index in [2.05, 4.69) is 6.58 Å². The standard InChI is InChI=1S/C18H19NO3/c1-2-12-22-18-11-7-6-10-16(18)13-19(21)17(14-20)15-8-4-3-5-9-15/h2-11,13,17,20H,1,12,14H2/b19-13-/t17-/m0/s1. The van der Waals surface area contributed by atoms with Crippen LogP contribution in [0.5, 0.6) is 5.75 Å². The number of nitrogens with zero attached hydrogens (tertiary/aromatic N) is 1. The van der Waals surface area contributed by atoms with Crippen molar-refractivity contribution >= 4 is 6.21 Å². The van der Waals surface area contributed by atoms with Crippen LogP contribution in [0.2, 0.25) is 0 Å². The van der Waals surface area contributed by atoms with Gasteiger partial charge in [-0.2, -0.15) is 0 Å². The molecule has 1 N–H and O–H groups in total. The second-order valence-corrected chi connectivity index (χ2v) is 4.74. The molecule has 0 unspecified atom stereocenters. The van der Waals surface area contributed by atoms with Gasteiger partial charge in [-0.05, 0) is 12.1 Å². The monoisotopic (exact) mass is 297 g/mol. The highest BCUT2D eigenvalue weighted by Crippen LogP contribution is 2.19. The van der Waals surface area contributed by atoms with Gasteiger partial charge < -0.3 is 15.1 Å². The summed E-state index contributed by atoms with van der Waals surface area (Å²) in [5.74, 6) is 0.605. The molecule has 22 heavy (non-hydrogen) atoms. The minimum atomic E-state index is -0.645. The molecular weight excluding hydrogens is 278 g/mol. The lowest BCUT2D eigenvalue weighted by atomic mass is 10.1. The van der Waals surface area contributed by atoms with Crippen molar-refractivity contribution in [2.24, 2.45) is 0 Å². The van der Waals surface area contributed by atoms with Crippen LogP contribution in [0.4, 0.5) is 0 Å². The van der Waals surface area contributed by atoms with Gasteiger partial charge in [-0.15, -0.1) is 0 Å². The molecule has 0 fully saturated rings. The summed E-state index contributed by atoms with van der Waals surface area (Å²) in [5.41, 5.74) is 1.43. The Morgan fingerprint density at radius 3 is 2.50 bits per heavy atom. The lowest BCUT2D eigenvalue weighted by Crippen LogP contribution is -2.18. The summed E-state index contributed by atoms with van der Waals surface area (Å²) in [6.45, 7) is 3.71. The number of aliphatic hydroxyl groups is 1. The number of ether oxygens (including phenoxy) is 1. The fourth-order valence-corrected chi connectivity index (χ4v) is 2.10. The van der Waals surface area contributed by atoms with Gasteiger partial charge >= 0.3 is 0 Å². The molecule has 2 rings (SSSR count). The van der Waals surface area contributed by atoms with Gasteiger partial charge in [0.15, 0.2) is 6.21 Å². The van der Waals surface area contributed by atoms with E-state index in [1.807, 2.05) is 42.5 Å². The Hall–Kier alpha value is -2.59. The van der Waals surface area contributed by atoms with E-state index >= 15 is 0 Å². The van der Waals surface area contributed by atoms with E-state index in [0.717, 1.165) is 10.3 Å². The number of hydrogen-bond donors (Lipinski definition) is 1. The lowest BCUT2D eigenvalue weighted by molar-refractivity contribution is -0.506. The van der Waals surface area contributed by atoms with Crippen molar-refractivity contribution in [3.8, 4) is 5.75 Å². The topological polar surface area (TPSA) is 55.5 Å². The third-order valence-electron chi connectivity index (χ3n) is 3.21. The molecule has 0 aliphatic rings. The SMILES string of the molecule is C=CCOc1ccccc1/C=[N+](\[O-])[C@@H](CO)c1ccccc1. The Kier molecular flexibility index (Phi) is 5.74. The highest BCUT2D eigenvalue weighted by molar-refractivity contribution is 5.80. The Bertz CT molecular complexity index is 638. The summed E-state index contributed by atoms with van der Waals surface area (Å²) < 4.78 is 6.28. The highest BCUT2D eigenvalue weighted by Gasteiger charge is 2.18. The minimum absolute atomic E-state index is 0.264. The molecule has 114 valence electrons. The van der Waals surface area contributed by atoms with Crippen molar-refractivity contribution in [1.29, 1.82) is 0 Å². The molecule has 1 atom stereocenters. The van der Waals surface area contributed by atoms with Crippen LogP contribution in [-0.2, 0) is 0 Å². The summed E-state index contributed by atoms with van der Waals surface area (Å²) in [7, 11) is 0. The number of benzene rings is 2. The van der Waals surface area contributed by atoms with E-state index in [4.69, 9.17) is 4.74 Å². The van der Waals surface area contributed by atoms with Crippen LogP contribution in [-0.4, -0.2) is 29.3 Å². The molecule has 0 aliphatic heterocycles. The van der Waals surface area contributed by atoms with E-state index in [1.54, 1.807) is 18.2 Å². The first-order valence-corrected chi connectivity index (χ1v) is 7.05. The molecule has 0 amide bonds. The highest BCUT2D eigenvalue weighted by atomic mass is 16.5. The quantitative estimate of drug-likeness (QED) is 0.281. The molecule has 0 saturated carbocycles. The maximum absolute atomic E-state index is 12.4. The van der Waals surface area contributed by atoms with Crippen molar-refractivity contribution in [2.75, 3.05) is 13.2 Å². The number of para-hydroxylation sites is 1. The zero-order chi connectivity index (χ0) is 15.8. The van der Waals surface area contributed by atoms with Gasteiger partial charge in [0.2, 0.25) is 6.04 Å². The van der Waals surface area contributed by atoms with Gasteiger partial charge in [0.05, 0.1) is 5.56 Å². The average Bonchev–Trinajstić information content (AvgIpc) is 2.56. The van der Waals surface area contributed by atoms with Crippen molar-refractivity contribution in [1.82, 2.24) is 0 Å². The predicted molar refractivity (Wildman–Crippen MR) is 87.2 cm³/mol. The molecule has 4 nitrogen and oxygen atoms in total. The van der Waals surface area contributed by atoms with Crippen molar-refractivity contribution in [3.63, 3.8) is 0 Å². The third kappa shape index (κ3) is 3.96. The summed E-state index contributed by atoms with van der Waals surface area (Å²) in [6, 6.07) is 15.8. The fraction of sp³-hybridized carbons (Fsp3) is 0.167. The molecular formula is C18H19NO3. The largest absolute Gasteiger partial charge is 0.623 e. The Morgan fingerprint density at radius 2 is 1.82 bits per heavy atom. The molecule has 0 aliphatic carbocycles.